The number of nitrogens with zero attached hydrogens (tertiary/aromatic N) is 2. The highest BCUT2D eigenvalue weighted by Gasteiger charge is 2.06. The second-order valence-electron chi connectivity index (χ2n) is 6.35. The minimum absolute atomic E-state index is 0.0625. The maximum Gasteiger partial charge on any atom is 0.251 e. The lowest BCUT2D eigenvalue weighted by Gasteiger charge is -2.16. The molecule has 0 fully saturated rings. The van der Waals surface area contributed by atoms with Gasteiger partial charge in [-0.25, -0.2) is 0 Å². The van der Waals surface area contributed by atoms with E-state index in [1.54, 1.807) is 6.20 Å². The molecule has 0 aliphatic carbocycles. The Balaban J connectivity index is 1.45. The Morgan fingerprint density at radius 1 is 1.11 bits per heavy atom. The van der Waals surface area contributed by atoms with E-state index < -0.39 is 0 Å². The van der Waals surface area contributed by atoms with Crippen molar-refractivity contribution in [3.8, 4) is 5.75 Å². The number of carbonyl (C=O) groups is 1. The molecule has 0 bridgehead atoms. The molecule has 1 N–H and O–H groups in total. The number of anilines is 1. The maximum absolute atomic E-state index is 12.2. The smallest absolute Gasteiger partial charge is 0.251 e. The maximum atomic E-state index is 12.2. The summed E-state index contributed by atoms with van der Waals surface area (Å²) in [5.41, 5.74) is 2.63. The molecule has 0 aliphatic rings. The highest BCUT2D eigenvalue weighted by Crippen LogP contribution is 2.22. The molecular formula is C22H25N3O2. The SMILES string of the molecule is CCN(C)c1ccc(C(=O)NCCCOc2cccc3cccnc23)cc1. The predicted octanol–water partition coefficient (Wildman–Crippen LogP) is 3.89. The van der Waals surface area contributed by atoms with Gasteiger partial charge in [0.15, 0.2) is 0 Å². The van der Waals surface area contributed by atoms with Gasteiger partial charge in [0, 0.05) is 43.0 Å². The third-order valence-electron chi connectivity index (χ3n) is 4.50. The number of rotatable bonds is 8. The Hall–Kier alpha value is -3.08. The number of nitrogens with one attached hydrogen (secondary N) is 1. The number of fused-ring (bicyclic) bond motifs is 1. The van der Waals surface area contributed by atoms with Crippen LogP contribution in [0.1, 0.15) is 23.7 Å². The number of benzene rings is 2. The van der Waals surface area contributed by atoms with Crippen LogP contribution in [0.3, 0.4) is 0 Å². The summed E-state index contributed by atoms with van der Waals surface area (Å²) < 4.78 is 5.84. The van der Waals surface area contributed by atoms with Crippen molar-refractivity contribution in [1.82, 2.24) is 10.3 Å². The van der Waals surface area contributed by atoms with Crippen molar-refractivity contribution in [3.05, 3.63) is 66.4 Å². The fourth-order valence-corrected chi connectivity index (χ4v) is 2.80. The highest BCUT2D eigenvalue weighted by molar-refractivity contribution is 5.94. The molecule has 1 aromatic heterocycles. The van der Waals surface area contributed by atoms with Crippen LogP contribution in [0.5, 0.6) is 5.75 Å². The first-order valence-corrected chi connectivity index (χ1v) is 9.25. The minimum atomic E-state index is -0.0625. The number of amides is 1. The van der Waals surface area contributed by atoms with Crippen molar-refractivity contribution in [2.24, 2.45) is 0 Å². The van der Waals surface area contributed by atoms with E-state index in [9.17, 15) is 4.79 Å². The lowest BCUT2D eigenvalue weighted by Crippen LogP contribution is -2.25. The van der Waals surface area contributed by atoms with Crippen LogP contribution in [0.4, 0.5) is 5.69 Å². The van der Waals surface area contributed by atoms with E-state index in [1.807, 2.05) is 61.6 Å². The first-order chi connectivity index (χ1) is 13.2. The summed E-state index contributed by atoms with van der Waals surface area (Å²) in [5.74, 6) is 0.711. The van der Waals surface area contributed by atoms with Gasteiger partial charge in [-0.2, -0.15) is 0 Å². The quantitative estimate of drug-likeness (QED) is 0.617. The average Bonchev–Trinajstić information content (AvgIpc) is 2.73. The Labute approximate surface area is 160 Å². The molecule has 140 valence electrons. The molecule has 1 heterocycles. The number of hydrogen-bond acceptors (Lipinski definition) is 4. The summed E-state index contributed by atoms with van der Waals surface area (Å²) >= 11 is 0. The predicted molar refractivity (Wildman–Crippen MR) is 110 cm³/mol. The van der Waals surface area contributed by atoms with Crippen molar-refractivity contribution in [3.63, 3.8) is 0 Å². The second-order valence-corrected chi connectivity index (χ2v) is 6.35. The largest absolute Gasteiger partial charge is 0.491 e. The van der Waals surface area contributed by atoms with Crippen LogP contribution in [0, 0.1) is 0 Å². The van der Waals surface area contributed by atoms with E-state index in [0.717, 1.165) is 35.3 Å². The van der Waals surface area contributed by atoms with Crippen molar-refractivity contribution >= 4 is 22.5 Å². The van der Waals surface area contributed by atoms with Crippen LogP contribution in [-0.4, -0.2) is 37.6 Å². The second kappa shape index (κ2) is 9.03. The van der Waals surface area contributed by atoms with Gasteiger partial charge in [-0.3, -0.25) is 9.78 Å². The third-order valence-corrected chi connectivity index (χ3v) is 4.50. The molecule has 2 aromatic carbocycles. The molecule has 0 atom stereocenters. The summed E-state index contributed by atoms with van der Waals surface area (Å²) in [5, 5.41) is 3.99. The van der Waals surface area contributed by atoms with Crippen molar-refractivity contribution in [1.29, 1.82) is 0 Å². The Morgan fingerprint density at radius 2 is 1.89 bits per heavy atom. The van der Waals surface area contributed by atoms with Gasteiger partial charge in [-0.15, -0.1) is 0 Å². The van der Waals surface area contributed by atoms with Gasteiger partial charge in [-0.1, -0.05) is 18.2 Å². The van der Waals surface area contributed by atoms with Gasteiger partial charge < -0.3 is 15.0 Å². The normalized spacial score (nSPS) is 10.6. The van der Waals surface area contributed by atoms with E-state index >= 15 is 0 Å². The van der Waals surface area contributed by atoms with Crippen LogP contribution in [0.2, 0.25) is 0 Å². The average molecular weight is 363 g/mol. The van der Waals surface area contributed by atoms with Crippen LogP contribution in [0.25, 0.3) is 10.9 Å². The molecule has 0 radical (unpaired) electrons. The molecule has 3 rings (SSSR count). The number of aromatic nitrogens is 1. The number of carbonyl (C=O) groups excluding carboxylic acids is 1. The fourth-order valence-electron chi connectivity index (χ4n) is 2.80. The molecule has 27 heavy (non-hydrogen) atoms. The molecule has 5 heteroatoms. The van der Waals surface area contributed by atoms with E-state index in [4.69, 9.17) is 4.74 Å². The molecule has 0 spiro atoms. The van der Waals surface area contributed by atoms with Gasteiger partial charge in [0.1, 0.15) is 11.3 Å². The lowest BCUT2D eigenvalue weighted by molar-refractivity contribution is 0.0951. The number of hydrogen-bond donors (Lipinski definition) is 1. The van der Waals surface area contributed by atoms with E-state index in [-0.39, 0.29) is 5.91 Å². The summed E-state index contributed by atoms with van der Waals surface area (Å²) in [6.45, 7) is 4.11. The number of para-hydroxylation sites is 1. The first kappa shape index (κ1) is 18.7. The molecule has 5 nitrogen and oxygen atoms in total. The lowest BCUT2D eigenvalue weighted by atomic mass is 10.2. The molecule has 3 aromatic rings. The number of pyridine rings is 1. The van der Waals surface area contributed by atoms with Crippen molar-refractivity contribution < 1.29 is 9.53 Å². The zero-order valence-corrected chi connectivity index (χ0v) is 15.8. The zero-order chi connectivity index (χ0) is 19.1. The summed E-state index contributed by atoms with van der Waals surface area (Å²) in [6, 6.07) is 17.5. The molecule has 0 saturated heterocycles. The van der Waals surface area contributed by atoms with Gasteiger partial charge in [-0.05, 0) is 49.7 Å². The van der Waals surface area contributed by atoms with E-state index in [2.05, 4.69) is 22.1 Å². The van der Waals surface area contributed by atoms with Gasteiger partial charge in [0.2, 0.25) is 0 Å². The Morgan fingerprint density at radius 3 is 2.67 bits per heavy atom. The highest BCUT2D eigenvalue weighted by atomic mass is 16.5. The summed E-state index contributed by atoms with van der Waals surface area (Å²) in [7, 11) is 2.03. The monoisotopic (exact) mass is 363 g/mol. The van der Waals surface area contributed by atoms with E-state index in [1.165, 1.54) is 0 Å². The van der Waals surface area contributed by atoms with Crippen molar-refractivity contribution in [2.75, 3.05) is 31.6 Å². The minimum Gasteiger partial charge on any atom is -0.491 e. The molecular weight excluding hydrogens is 338 g/mol. The van der Waals surface area contributed by atoms with Gasteiger partial charge in [0.25, 0.3) is 5.91 Å². The first-order valence-electron chi connectivity index (χ1n) is 9.25. The number of ether oxygens (including phenoxy) is 1. The molecule has 0 unspecified atom stereocenters. The van der Waals surface area contributed by atoms with Gasteiger partial charge in [0.05, 0.1) is 6.61 Å². The molecule has 0 aliphatic heterocycles. The Bertz CT molecular complexity index is 888. The van der Waals surface area contributed by atoms with Crippen molar-refractivity contribution in [2.45, 2.75) is 13.3 Å². The zero-order valence-electron chi connectivity index (χ0n) is 15.8. The van der Waals surface area contributed by atoms with Crippen LogP contribution < -0.4 is 15.0 Å². The molecule has 0 saturated carbocycles. The van der Waals surface area contributed by atoms with Gasteiger partial charge >= 0.3 is 0 Å². The summed E-state index contributed by atoms with van der Waals surface area (Å²) in [4.78, 5) is 18.7. The van der Waals surface area contributed by atoms with Crippen LogP contribution >= 0.6 is 0 Å². The van der Waals surface area contributed by atoms with E-state index in [0.29, 0.717) is 18.7 Å². The molecule has 1 amide bonds. The van der Waals surface area contributed by atoms with Crippen LogP contribution in [0.15, 0.2) is 60.8 Å². The summed E-state index contributed by atoms with van der Waals surface area (Å²) in [6.07, 6.45) is 2.49. The standard InChI is InChI=1S/C22H25N3O2/c1-3-25(2)19-12-10-18(11-13-19)22(26)24-15-6-16-27-20-9-4-7-17-8-5-14-23-21(17)20/h4-5,7-14H,3,6,15-16H2,1-2H3,(H,24,26). The fraction of sp³-hybridized carbons (Fsp3) is 0.273. The topological polar surface area (TPSA) is 54.5 Å². The van der Waals surface area contributed by atoms with Crippen LogP contribution in [-0.2, 0) is 0 Å². The Kier molecular flexibility index (Phi) is 6.26. The third kappa shape index (κ3) is 4.76.